The fourth-order valence-electron chi connectivity index (χ4n) is 5.73. The van der Waals surface area contributed by atoms with Crippen LogP contribution in [-0.4, -0.2) is 47.3 Å². The molecule has 29 heavy (non-hydrogen) atoms. The molecule has 1 amide bonds. The third-order valence-electron chi connectivity index (χ3n) is 7.87. The minimum Gasteiger partial charge on any atom is -0.381 e. The van der Waals surface area contributed by atoms with E-state index in [-0.39, 0.29) is 5.41 Å². The van der Waals surface area contributed by atoms with Crippen molar-refractivity contribution in [3.63, 3.8) is 0 Å². The lowest BCUT2D eigenvalue weighted by molar-refractivity contribution is -0.134. The summed E-state index contributed by atoms with van der Waals surface area (Å²) in [5.41, 5.74) is -0.00176. The number of hydrogen-bond acceptors (Lipinski definition) is 5. The molecule has 0 aromatic carbocycles. The van der Waals surface area contributed by atoms with Crippen LogP contribution in [0.5, 0.6) is 0 Å². The fraction of sp³-hybridized carbons (Fsp3) is 0.870. The zero-order valence-electron chi connectivity index (χ0n) is 17.6. The maximum absolute atomic E-state index is 12.8. The Morgan fingerprint density at radius 3 is 2.41 bits per heavy atom. The molecule has 2 saturated carbocycles. The fourth-order valence-corrected chi connectivity index (χ4v) is 5.73. The summed E-state index contributed by atoms with van der Waals surface area (Å²) in [7, 11) is 0. The van der Waals surface area contributed by atoms with Gasteiger partial charge in [0.2, 0.25) is 11.8 Å². The Kier molecular flexibility index (Phi) is 5.63. The van der Waals surface area contributed by atoms with Crippen molar-refractivity contribution in [3.8, 4) is 0 Å². The van der Waals surface area contributed by atoms with Gasteiger partial charge in [0.1, 0.15) is 0 Å². The molecule has 0 spiro atoms. The highest BCUT2D eigenvalue weighted by molar-refractivity contribution is 5.76. The molecule has 0 bridgehead atoms. The van der Waals surface area contributed by atoms with E-state index < -0.39 is 0 Å². The summed E-state index contributed by atoms with van der Waals surface area (Å²) in [6, 6.07) is 0. The number of carbonyl (C=O) groups is 1. The molecule has 0 atom stereocenters. The summed E-state index contributed by atoms with van der Waals surface area (Å²) in [5, 5.41) is 4.49. The largest absolute Gasteiger partial charge is 0.381 e. The van der Waals surface area contributed by atoms with E-state index in [1.807, 2.05) is 0 Å². The van der Waals surface area contributed by atoms with Gasteiger partial charge in [-0.3, -0.25) is 4.79 Å². The lowest BCUT2D eigenvalue weighted by atomic mass is 9.73. The number of nitrogens with zero attached hydrogens (tertiary/aromatic N) is 3. The van der Waals surface area contributed by atoms with Crippen molar-refractivity contribution >= 4 is 5.91 Å². The van der Waals surface area contributed by atoms with Crippen LogP contribution in [0.4, 0.5) is 0 Å². The second kappa shape index (κ2) is 8.37. The van der Waals surface area contributed by atoms with Gasteiger partial charge in [-0.25, -0.2) is 0 Å². The number of ether oxygens (including phenoxy) is 1. The van der Waals surface area contributed by atoms with Crippen molar-refractivity contribution in [3.05, 3.63) is 11.7 Å². The molecule has 0 radical (unpaired) electrons. The number of carbonyl (C=O) groups excluding carboxylic acids is 1. The molecule has 4 fully saturated rings. The molecule has 2 aliphatic heterocycles. The van der Waals surface area contributed by atoms with E-state index in [1.54, 1.807) is 0 Å². The highest BCUT2D eigenvalue weighted by atomic mass is 16.5. The summed E-state index contributed by atoms with van der Waals surface area (Å²) < 4.78 is 11.2. The Bertz CT molecular complexity index is 694. The highest BCUT2D eigenvalue weighted by Crippen LogP contribution is 2.47. The average Bonchev–Trinajstić information content (AvgIpc) is 3.21. The number of piperidine rings is 1. The van der Waals surface area contributed by atoms with Crippen LogP contribution in [0.3, 0.4) is 0 Å². The first-order valence-electron chi connectivity index (χ1n) is 11.9. The van der Waals surface area contributed by atoms with E-state index in [0.717, 1.165) is 82.5 Å². The molecular formula is C23H35N3O3. The number of rotatable bonds is 6. The van der Waals surface area contributed by atoms with Crippen LogP contribution in [0.1, 0.15) is 94.7 Å². The first-order chi connectivity index (χ1) is 14.2. The Balaban J connectivity index is 1.26. The van der Waals surface area contributed by atoms with Gasteiger partial charge in [0, 0.05) is 44.1 Å². The molecule has 2 saturated heterocycles. The van der Waals surface area contributed by atoms with E-state index in [0.29, 0.717) is 17.7 Å². The molecule has 5 rings (SSSR count). The van der Waals surface area contributed by atoms with Crippen molar-refractivity contribution in [2.45, 2.75) is 88.4 Å². The normalized spacial score (nSPS) is 26.1. The third-order valence-corrected chi connectivity index (χ3v) is 7.87. The molecule has 6 nitrogen and oxygen atoms in total. The predicted octanol–water partition coefficient (Wildman–Crippen LogP) is 4.20. The van der Waals surface area contributed by atoms with E-state index >= 15 is 0 Å². The topological polar surface area (TPSA) is 68.5 Å². The van der Waals surface area contributed by atoms with Gasteiger partial charge < -0.3 is 14.2 Å². The van der Waals surface area contributed by atoms with Crippen LogP contribution < -0.4 is 0 Å². The van der Waals surface area contributed by atoms with Crippen LogP contribution in [-0.2, 0) is 14.9 Å². The molecular weight excluding hydrogens is 366 g/mol. The zero-order chi connectivity index (χ0) is 19.7. The lowest BCUT2D eigenvalue weighted by Crippen LogP contribution is -2.46. The maximum Gasteiger partial charge on any atom is 0.229 e. The monoisotopic (exact) mass is 401 g/mol. The van der Waals surface area contributed by atoms with Crippen molar-refractivity contribution in [2.24, 2.45) is 11.8 Å². The van der Waals surface area contributed by atoms with E-state index in [2.05, 4.69) is 10.1 Å². The average molecular weight is 402 g/mol. The first kappa shape index (κ1) is 19.5. The summed E-state index contributed by atoms with van der Waals surface area (Å²) >= 11 is 0. The van der Waals surface area contributed by atoms with Crippen LogP contribution in [0.25, 0.3) is 0 Å². The Morgan fingerprint density at radius 1 is 1.00 bits per heavy atom. The molecule has 3 heterocycles. The summed E-state index contributed by atoms with van der Waals surface area (Å²) in [6.07, 6.45) is 13.6. The van der Waals surface area contributed by atoms with Gasteiger partial charge in [0.15, 0.2) is 5.82 Å². The third kappa shape index (κ3) is 4.37. The summed E-state index contributed by atoms with van der Waals surface area (Å²) in [5.74, 6) is 3.86. The quantitative estimate of drug-likeness (QED) is 0.714. The van der Waals surface area contributed by atoms with Crippen LogP contribution in [0, 0.1) is 11.8 Å². The van der Waals surface area contributed by atoms with E-state index in [9.17, 15) is 4.79 Å². The molecule has 1 aromatic rings. The molecule has 4 aliphatic rings. The van der Waals surface area contributed by atoms with Gasteiger partial charge in [0.05, 0.1) is 0 Å². The standard InChI is InChI=1S/C23H35N3O3/c27-20(15-17-3-1-2-4-17)26-11-9-23(10-12-26,16-18-5-6-18)22-24-21(29-25-22)19-7-13-28-14-8-19/h17-19H,1-16H2. The van der Waals surface area contributed by atoms with Gasteiger partial charge in [-0.05, 0) is 56.8 Å². The second-order valence-corrected chi connectivity index (χ2v) is 10.0. The van der Waals surface area contributed by atoms with Gasteiger partial charge in [-0.1, -0.05) is 30.8 Å². The number of amides is 1. The number of likely N-dealkylation sites (tertiary alicyclic amines) is 1. The van der Waals surface area contributed by atoms with Gasteiger partial charge in [-0.15, -0.1) is 0 Å². The van der Waals surface area contributed by atoms with Gasteiger partial charge in [-0.2, -0.15) is 4.98 Å². The molecule has 0 unspecified atom stereocenters. The van der Waals surface area contributed by atoms with Crippen LogP contribution in [0.15, 0.2) is 4.52 Å². The van der Waals surface area contributed by atoms with Crippen molar-refractivity contribution in [1.82, 2.24) is 15.0 Å². The smallest absolute Gasteiger partial charge is 0.229 e. The Hall–Kier alpha value is -1.43. The van der Waals surface area contributed by atoms with Crippen molar-refractivity contribution < 1.29 is 14.1 Å². The maximum atomic E-state index is 12.8. The predicted molar refractivity (Wildman–Crippen MR) is 109 cm³/mol. The molecule has 160 valence electrons. The highest BCUT2D eigenvalue weighted by Gasteiger charge is 2.45. The Labute approximate surface area is 173 Å². The molecule has 6 heteroatoms. The van der Waals surface area contributed by atoms with E-state index in [4.69, 9.17) is 14.2 Å². The van der Waals surface area contributed by atoms with Crippen LogP contribution in [0.2, 0.25) is 0 Å². The van der Waals surface area contributed by atoms with Crippen molar-refractivity contribution in [1.29, 1.82) is 0 Å². The first-order valence-corrected chi connectivity index (χ1v) is 11.9. The molecule has 1 aromatic heterocycles. The van der Waals surface area contributed by atoms with Gasteiger partial charge in [0.25, 0.3) is 0 Å². The lowest BCUT2D eigenvalue weighted by Gasteiger charge is -2.40. The molecule has 2 aliphatic carbocycles. The zero-order valence-corrected chi connectivity index (χ0v) is 17.6. The number of aromatic nitrogens is 2. The van der Waals surface area contributed by atoms with Crippen LogP contribution >= 0.6 is 0 Å². The van der Waals surface area contributed by atoms with E-state index in [1.165, 1.54) is 38.5 Å². The van der Waals surface area contributed by atoms with Crippen molar-refractivity contribution in [2.75, 3.05) is 26.3 Å². The second-order valence-electron chi connectivity index (χ2n) is 10.0. The van der Waals surface area contributed by atoms with Gasteiger partial charge >= 0.3 is 0 Å². The number of hydrogen-bond donors (Lipinski definition) is 0. The SMILES string of the molecule is O=C(CC1CCCC1)N1CCC(CC2CC2)(c2noc(C3CCOCC3)n2)CC1. The minimum atomic E-state index is -0.00176. The summed E-state index contributed by atoms with van der Waals surface area (Å²) in [6.45, 7) is 3.26. The molecule has 0 N–H and O–H groups in total. The minimum absolute atomic E-state index is 0.00176. The Morgan fingerprint density at radius 2 is 1.72 bits per heavy atom. The summed E-state index contributed by atoms with van der Waals surface area (Å²) in [4.78, 5) is 19.9.